The third-order valence-electron chi connectivity index (χ3n) is 4.55. The number of aromatic nitrogens is 1. The van der Waals surface area contributed by atoms with Crippen LogP contribution in [0, 0.1) is 5.92 Å². The van der Waals surface area contributed by atoms with Crippen LogP contribution in [0.3, 0.4) is 0 Å². The molecule has 3 rings (SSSR count). The van der Waals surface area contributed by atoms with E-state index in [1.165, 1.54) is 42.7 Å². The number of benzene rings is 1. The first kappa shape index (κ1) is 14.7. The third kappa shape index (κ3) is 3.92. The Morgan fingerprint density at radius 1 is 1.19 bits per heavy atom. The Labute approximate surface area is 131 Å². The molecule has 0 amide bonds. The maximum absolute atomic E-state index is 4.75. The maximum atomic E-state index is 4.75. The number of nitrogens with one attached hydrogen (secondary N) is 1. The first-order valence-corrected chi connectivity index (χ1v) is 8.94. The number of hydrogen-bond acceptors (Lipinski definition) is 3. The summed E-state index contributed by atoms with van der Waals surface area (Å²) < 4.78 is 0. The molecule has 0 bridgehead atoms. The molecule has 1 aromatic carbocycles. The van der Waals surface area contributed by atoms with Crippen molar-refractivity contribution < 1.29 is 0 Å². The molecule has 1 heterocycles. The van der Waals surface area contributed by atoms with Gasteiger partial charge in [0.2, 0.25) is 0 Å². The van der Waals surface area contributed by atoms with E-state index in [0.717, 1.165) is 18.2 Å². The highest BCUT2D eigenvalue weighted by molar-refractivity contribution is 7.09. The summed E-state index contributed by atoms with van der Waals surface area (Å²) in [6.45, 7) is 3.23. The van der Waals surface area contributed by atoms with Gasteiger partial charge in [-0.2, -0.15) is 0 Å². The van der Waals surface area contributed by atoms with Crippen LogP contribution in [0.1, 0.15) is 44.0 Å². The third-order valence-corrected chi connectivity index (χ3v) is 5.40. The quantitative estimate of drug-likeness (QED) is 0.852. The van der Waals surface area contributed by atoms with Crippen LogP contribution in [-0.4, -0.2) is 11.0 Å². The van der Waals surface area contributed by atoms with Gasteiger partial charge in [-0.15, -0.1) is 11.3 Å². The van der Waals surface area contributed by atoms with Crippen molar-refractivity contribution in [2.45, 2.75) is 51.6 Å². The van der Waals surface area contributed by atoms with Crippen molar-refractivity contribution >= 4 is 11.3 Å². The highest BCUT2D eigenvalue weighted by Gasteiger charge is 2.19. The van der Waals surface area contributed by atoms with E-state index in [1.54, 1.807) is 11.3 Å². The summed E-state index contributed by atoms with van der Waals surface area (Å²) in [5.74, 6) is 0.854. The van der Waals surface area contributed by atoms with Gasteiger partial charge in [0, 0.05) is 23.5 Å². The largest absolute Gasteiger partial charge is 0.308 e. The molecule has 1 aliphatic carbocycles. The van der Waals surface area contributed by atoms with Gasteiger partial charge in [-0.3, -0.25) is 0 Å². The van der Waals surface area contributed by atoms with Crippen molar-refractivity contribution in [2.75, 3.05) is 0 Å². The van der Waals surface area contributed by atoms with Crippen molar-refractivity contribution in [3.63, 3.8) is 0 Å². The summed E-state index contributed by atoms with van der Waals surface area (Å²) in [6.07, 6.45) is 7.02. The van der Waals surface area contributed by atoms with Gasteiger partial charge >= 0.3 is 0 Å². The molecule has 2 nitrogen and oxygen atoms in total. The summed E-state index contributed by atoms with van der Waals surface area (Å²) in [5, 5.41) is 7.04. The molecular weight excluding hydrogens is 276 g/mol. The lowest BCUT2D eigenvalue weighted by molar-refractivity contribution is 0.280. The number of rotatable bonds is 5. The lowest BCUT2D eigenvalue weighted by atomic mass is 9.84. The maximum Gasteiger partial charge on any atom is 0.107 e. The Kier molecular flexibility index (Phi) is 5.04. The van der Waals surface area contributed by atoms with Crippen molar-refractivity contribution in [2.24, 2.45) is 5.92 Å². The molecule has 0 unspecified atom stereocenters. The molecular formula is C18H24N2S. The van der Waals surface area contributed by atoms with E-state index in [0.29, 0.717) is 6.04 Å². The fourth-order valence-corrected chi connectivity index (χ4v) is 3.94. The van der Waals surface area contributed by atoms with Crippen LogP contribution in [0.5, 0.6) is 0 Å². The van der Waals surface area contributed by atoms with Gasteiger partial charge in [0.25, 0.3) is 0 Å². The second kappa shape index (κ2) is 7.19. The van der Waals surface area contributed by atoms with Crippen molar-refractivity contribution in [1.29, 1.82) is 0 Å². The van der Waals surface area contributed by atoms with Gasteiger partial charge in [-0.05, 0) is 25.7 Å². The smallest absolute Gasteiger partial charge is 0.107 e. The average Bonchev–Trinajstić information content (AvgIpc) is 3.03. The molecule has 3 heteroatoms. The second-order valence-electron chi connectivity index (χ2n) is 6.06. The fourth-order valence-electron chi connectivity index (χ4n) is 3.18. The standard InChI is InChI=1S/C18H24N2S/c1-14(15-8-4-2-5-9-15)19-12-18-20-17(13-21-18)16-10-6-3-7-11-16/h3,6-7,10-11,13-15,19H,2,4-5,8-9,12H2,1H3/t14-/m1/s1. The van der Waals surface area contributed by atoms with Crippen LogP contribution in [0.25, 0.3) is 11.3 Å². The number of thiazole rings is 1. The van der Waals surface area contributed by atoms with Crippen LogP contribution < -0.4 is 5.32 Å². The SMILES string of the molecule is C[C@@H](NCc1nc(-c2ccccc2)cs1)C1CCCCC1. The van der Waals surface area contributed by atoms with Crippen LogP contribution in [0.2, 0.25) is 0 Å². The van der Waals surface area contributed by atoms with E-state index in [2.05, 4.69) is 41.9 Å². The highest BCUT2D eigenvalue weighted by atomic mass is 32.1. The van der Waals surface area contributed by atoms with E-state index >= 15 is 0 Å². The van der Waals surface area contributed by atoms with Crippen molar-refractivity contribution in [3.8, 4) is 11.3 Å². The molecule has 2 aromatic rings. The molecule has 21 heavy (non-hydrogen) atoms. The highest BCUT2D eigenvalue weighted by Crippen LogP contribution is 2.27. The number of hydrogen-bond donors (Lipinski definition) is 1. The Morgan fingerprint density at radius 3 is 2.71 bits per heavy atom. The van der Waals surface area contributed by atoms with Crippen LogP contribution >= 0.6 is 11.3 Å². The number of nitrogens with zero attached hydrogens (tertiary/aromatic N) is 1. The normalized spacial score (nSPS) is 17.8. The molecule has 1 fully saturated rings. The zero-order valence-electron chi connectivity index (χ0n) is 12.7. The summed E-state index contributed by atoms with van der Waals surface area (Å²) >= 11 is 1.76. The Bertz CT molecular complexity index is 543. The van der Waals surface area contributed by atoms with Crippen LogP contribution in [-0.2, 0) is 6.54 Å². The molecule has 0 spiro atoms. The lowest BCUT2D eigenvalue weighted by Gasteiger charge is -2.28. The molecule has 0 radical (unpaired) electrons. The molecule has 0 aliphatic heterocycles. The second-order valence-corrected chi connectivity index (χ2v) is 7.00. The van der Waals surface area contributed by atoms with Gasteiger partial charge < -0.3 is 5.32 Å². The summed E-state index contributed by atoms with van der Waals surface area (Å²) in [7, 11) is 0. The molecule has 1 aliphatic rings. The van der Waals surface area contributed by atoms with E-state index < -0.39 is 0 Å². The molecule has 0 saturated heterocycles. The van der Waals surface area contributed by atoms with E-state index in [-0.39, 0.29) is 0 Å². The van der Waals surface area contributed by atoms with E-state index in [1.807, 2.05) is 6.07 Å². The molecule has 112 valence electrons. The van der Waals surface area contributed by atoms with Crippen molar-refractivity contribution in [3.05, 3.63) is 40.7 Å². The first-order chi connectivity index (χ1) is 10.3. The molecule has 1 atom stereocenters. The van der Waals surface area contributed by atoms with Gasteiger partial charge in [0.1, 0.15) is 5.01 Å². The zero-order valence-corrected chi connectivity index (χ0v) is 13.5. The van der Waals surface area contributed by atoms with Crippen LogP contribution in [0.4, 0.5) is 0 Å². The van der Waals surface area contributed by atoms with E-state index in [9.17, 15) is 0 Å². The molecule has 1 saturated carbocycles. The van der Waals surface area contributed by atoms with Crippen LogP contribution in [0.15, 0.2) is 35.7 Å². The minimum absolute atomic E-state index is 0.606. The minimum Gasteiger partial charge on any atom is -0.308 e. The Morgan fingerprint density at radius 2 is 1.95 bits per heavy atom. The summed E-state index contributed by atoms with van der Waals surface area (Å²) in [4.78, 5) is 4.75. The van der Waals surface area contributed by atoms with Gasteiger partial charge in [0.15, 0.2) is 0 Å². The fraction of sp³-hybridized carbons (Fsp3) is 0.500. The Hall–Kier alpha value is -1.19. The van der Waals surface area contributed by atoms with Gasteiger partial charge in [-0.1, -0.05) is 49.6 Å². The first-order valence-electron chi connectivity index (χ1n) is 8.06. The predicted octanol–water partition coefficient (Wildman–Crippen LogP) is 4.87. The minimum atomic E-state index is 0.606. The monoisotopic (exact) mass is 300 g/mol. The topological polar surface area (TPSA) is 24.9 Å². The Balaban J connectivity index is 1.55. The average molecular weight is 300 g/mol. The zero-order chi connectivity index (χ0) is 14.5. The summed E-state index contributed by atoms with van der Waals surface area (Å²) in [6, 6.07) is 11.0. The van der Waals surface area contributed by atoms with Gasteiger partial charge in [-0.25, -0.2) is 4.98 Å². The summed E-state index contributed by atoms with van der Waals surface area (Å²) in [5.41, 5.74) is 2.31. The van der Waals surface area contributed by atoms with E-state index in [4.69, 9.17) is 4.98 Å². The molecule has 1 N–H and O–H groups in total. The predicted molar refractivity (Wildman–Crippen MR) is 90.4 cm³/mol. The van der Waals surface area contributed by atoms with Gasteiger partial charge in [0.05, 0.1) is 5.69 Å². The van der Waals surface area contributed by atoms with Crippen molar-refractivity contribution in [1.82, 2.24) is 10.3 Å². The lowest BCUT2D eigenvalue weighted by Crippen LogP contribution is -2.34. The molecule has 1 aromatic heterocycles.